The summed E-state index contributed by atoms with van der Waals surface area (Å²) >= 11 is 0. The van der Waals surface area contributed by atoms with Crippen LogP contribution in [0.15, 0.2) is 18.2 Å². The van der Waals surface area contributed by atoms with Gasteiger partial charge in [-0.05, 0) is 37.0 Å². The molecule has 0 aromatic heterocycles. The average molecular weight is 371 g/mol. The molecule has 2 N–H and O–H groups in total. The summed E-state index contributed by atoms with van der Waals surface area (Å²) in [6, 6.07) is 3.67. The van der Waals surface area contributed by atoms with Crippen LogP contribution in [0.2, 0.25) is 0 Å². The van der Waals surface area contributed by atoms with Gasteiger partial charge in [-0.3, -0.25) is 9.59 Å². The van der Waals surface area contributed by atoms with Crippen LogP contribution in [-0.2, 0) is 20.5 Å². The lowest BCUT2D eigenvalue weighted by Crippen LogP contribution is -2.37. The topological polar surface area (TPSA) is 70.7 Å². The third-order valence-corrected chi connectivity index (χ3v) is 4.39. The van der Waals surface area contributed by atoms with Gasteiger partial charge in [0.1, 0.15) is 0 Å². The summed E-state index contributed by atoms with van der Waals surface area (Å²) in [7, 11) is 0. The van der Waals surface area contributed by atoms with Crippen LogP contribution in [0.1, 0.15) is 18.4 Å². The largest absolute Gasteiger partial charge is 0.418 e. The van der Waals surface area contributed by atoms with Crippen molar-refractivity contribution in [3.8, 4) is 0 Å². The maximum absolute atomic E-state index is 13.4. The zero-order chi connectivity index (χ0) is 18.7. The number of carbonyl (C=O) groups excluding carboxylic acids is 2. The molecule has 2 fully saturated rings. The lowest BCUT2D eigenvalue weighted by atomic mass is 10.1. The molecule has 1 saturated carbocycles. The summed E-state index contributed by atoms with van der Waals surface area (Å²) in [5.41, 5.74) is -1.01. The lowest BCUT2D eigenvalue weighted by Gasteiger charge is -2.29. The van der Waals surface area contributed by atoms with Gasteiger partial charge in [-0.25, -0.2) is 0 Å². The Morgan fingerprint density at radius 2 is 1.85 bits per heavy atom. The Hall–Kier alpha value is -2.29. The standard InChI is InChI=1S/C17H20F3N3O3/c18-17(19,20)13-9-12(23-5-7-26-8-6-23)3-4-14(13)22-16(25)15(24)21-10-11-1-2-11/h3-4,9,11H,1-2,5-8,10H2,(H,21,24)(H,22,25). The van der Waals surface area contributed by atoms with Gasteiger partial charge < -0.3 is 20.3 Å². The molecule has 1 saturated heterocycles. The van der Waals surface area contributed by atoms with Crippen LogP contribution in [0.4, 0.5) is 24.5 Å². The first-order valence-electron chi connectivity index (χ1n) is 8.47. The maximum atomic E-state index is 13.4. The van der Waals surface area contributed by atoms with Gasteiger partial charge in [0.05, 0.1) is 24.5 Å². The number of halogens is 3. The second-order valence-corrected chi connectivity index (χ2v) is 6.43. The molecule has 9 heteroatoms. The van der Waals surface area contributed by atoms with E-state index in [1.165, 1.54) is 12.1 Å². The lowest BCUT2D eigenvalue weighted by molar-refractivity contribution is -0.138. The number of hydrogen-bond acceptors (Lipinski definition) is 4. The molecule has 26 heavy (non-hydrogen) atoms. The Bertz CT molecular complexity index is 684. The van der Waals surface area contributed by atoms with Gasteiger partial charge in [0.25, 0.3) is 0 Å². The number of ether oxygens (including phenoxy) is 1. The van der Waals surface area contributed by atoms with E-state index in [-0.39, 0.29) is 0 Å². The van der Waals surface area contributed by atoms with E-state index >= 15 is 0 Å². The number of carbonyl (C=O) groups is 2. The highest BCUT2D eigenvalue weighted by molar-refractivity contribution is 6.39. The molecule has 0 atom stereocenters. The Morgan fingerprint density at radius 3 is 2.46 bits per heavy atom. The first-order chi connectivity index (χ1) is 12.3. The van der Waals surface area contributed by atoms with Crippen molar-refractivity contribution in [1.82, 2.24) is 5.32 Å². The molecule has 2 amide bonds. The molecule has 1 heterocycles. The normalized spacial score (nSPS) is 17.7. The highest BCUT2D eigenvalue weighted by atomic mass is 19.4. The fourth-order valence-corrected chi connectivity index (χ4v) is 2.71. The van der Waals surface area contributed by atoms with Gasteiger partial charge in [-0.15, -0.1) is 0 Å². The van der Waals surface area contributed by atoms with Crippen LogP contribution in [0.25, 0.3) is 0 Å². The number of nitrogens with zero attached hydrogens (tertiary/aromatic N) is 1. The van der Waals surface area contributed by atoms with Crippen LogP contribution >= 0.6 is 0 Å². The minimum Gasteiger partial charge on any atom is -0.378 e. The minimum atomic E-state index is -4.66. The van der Waals surface area contributed by atoms with E-state index in [0.29, 0.717) is 44.5 Å². The molecule has 142 valence electrons. The fraction of sp³-hybridized carbons (Fsp3) is 0.529. The van der Waals surface area contributed by atoms with Gasteiger partial charge in [-0.1, -0.05) is 0 Å². The molecular formula is C17H20F3N3O3. The van der Waals surface area contributed by atoms with Gasteiger partial charge in [0, 0.05) is 25.3 Å². The summed E-state index contributed by atoms with van der Waals surface area (Å²) in [6.07, 6.45) is -2.68. The van der Waals surface area contributed by atoms with Crippen molar-refractivity contribution in [2.24, 2.45) is 5.92 Å². The highest BCUT2D eigenvalue weighted by Crippen LogP contribution is 2.37. The predicted molar refractivity (Wildman–Crippen MR) is 88.8 cm³/mol. The molecule has 3 rings (SSSR count). The number of morpholine rings is 1. The van der Waals surface area contributed by atoms with Crippen LogP contribution < -0.4 is 15.5 Å². The Balaban J connectivity index is 1.74. The fourth-order valence-electron chi connectivity index (χ4n) is 2.71. The van der Waals surface area contributed by atoms with Gasteiger partial charge >= 0.3 is 18.0 Å². The summed E-state index contributed by atoms with van der Waals surface area (Å²) in [5, 5.41) is 4.51. The molecule has 2 aliphatic rings. The number of hydrogen-bond donors (Lipinski definition) is 2. The van der Waals surface area contributed by atoms with E-state index in [0.717, 1.165) is 18.9 Å². The number of benzene rings is 1. The number of anilines is 2. The van der Waals surface area contributed by atoms with Gasteiger partial charge in [0.2, 0.25) is 0 Å². The van der Waals surface area contributed by atoms with E-state index in [1.54, 1.807) is 4.90 Å². The van der Waals surface area contributed by atoms with Gasteiger partial charge in [-0.2, -0.15) is 13.2 Å². The van der Waals surface area contributed by atoms with Crippen LogP contribution in [0.3, 0.4) is 0 Å². The third-order valence-electron chi connectivity index (χ3n) is 4.39. The third kappa shape index (κ3) is 4.66. The summed E-state index contributed by atoms with van der Waals surface area (Å²) in [6.45, 7) is 2.25. The van der Waals surface area contributed by atoms with Crippen molar-refractivity contribution in [3.05, 3.63) is 23.8 Å². The molecule has 0 unspecified atom stereocenters. The monoisotopic (exact) mass is 371 g/mol. The Kier molecular flexibility index (Phi) is 5.36. The van der Waals surface area contributed by atoms with Crippen molar-refractivity contribution >= 4 is 23.2 Å². The zero-order valence-corrected chi connectivity index (χ0v) is 14.1. The molecule has 0 radical (unpaired) electrons. The number of rotatable bonds is 4. The van der Waals surface area contributed by atoms with Crippen molar-refractivity contribution < 1.29 is 27.5 Å². The van der Waals surface area contributed by atoms with E-state index in [1.807, 2.05) is 0 Å². The van der Waals surface area contributed by atoms with Crippen LogP contribution in [-0.4, -0.2) is 44.7 Å². The summed E-state index contributed by atoms with van der Waals surface area (Å²) in [5.74, 6) is -1.66. The summed E-state index contributed by atoms with van der Waals surface area (Å²) in [4.78, 5) is 25.4. The molecule has 1 aliphatic carbocycles. The highest BCUT2D eigenvalue weighted by Gasteiger charge is 2.35. The quantitative estimate of drug-likeness (QED) is 0.795. The average Bonchev–Trinajstić information content (AvgIpc) is 3.44. The Labute approximate surface area is 148 Å². The first kappa shape index (κ1) is 18.5. The van der Waals surface area contributed by atoms with Crippen molar-refractivity contribution in [1.29, 1.82) is 0 Å². The molecular weight excluding hydrogens is 351 g/mol. The predicted octanol–water partition coefficient (Wildman–Crippen LogP) is 2.01. The smallest absolute Gasteiger partial charge is 0.378 e. The molecule has 1 aromatic rings. The molecule has 0 spiro atoms. The molecule has 6 nitrogen and oxygen atoms in total. The van der Waals surface area contributed by atoms with E-state index in [9.17, 15) is 22.8 Å². The molecule has 1 aliphatic heterocycles. The summed E-state index contributed by atoms with van der Waals surface area (Å²) < 4.78 is 45.4. The Morgan fingerprint density at radius 1 is 1.15 bits per heavy atom. The maximum Gasteiger partial charge on any atom is 0.418 e. The number of nitrogens with one attached hydrogen (secondary N) is 2. The number of alkyl halides is 3. The second kappa shape index (κ2) is 7.53. The van der Waals surface area contributed by atoms with Gasteiger partial charge in [0.15, 0.2) is 0 Å². The van der Waals surface area contributed by atoms with Crippen molar-refractivity contribution in [3.63, 3.8) is 0 Å². The number of amides is 2. The second-order valence-electron chi connectivity index (χ2n) is 6.43. The van der Waals surface area contributed by atoms with E-state index in [2.05, 4.69) is 10.6 Å². The van der Waals surface area contributed by atoms with Crippen LogP contribution in [0.5, 0.6) is 0 Å². The molecule has 1 aromatic carbocycles. The SMILES string of the molecule is O=C(NCC1CC1)C(=O)Nc1ccc(N2CCOCC2)cc1C(F)(F)F. The van der Waals surface area contributed by atoms with Crippen molar-refractivity contribution in [2.75, 3.05) is 43.1 Å². The zero-order valence-electron chi connectivity index (χ0n) is 14.1. The van der Waals surface area contributed by atoms with E-state index < -0.39 is 29.2 Å². The molecule has 0 bridgehead atoms. The minimum absolute atomic E-state index is 0.366. The van der Waals surface area contributed by atoms with Crippen molar-refractivity contribution in [2.45, 2.75) is 19.0 Å². The van der Waals surface area contributed by atoms with E-state index in [4.69, 9.17) is 4.74 Å². The first-order valence-corrected chi connectivity index (χ1v) is 8.47. The van der Waals surface area contributed by atoms with Crippen LogP contribution in [0, 0.1) is 5.92 Å².